The van der Waals surface area contributed by atoms with Gasteiger partial charge >= 0.3 is 6.18 Å². The third-order valence-electron chi connectivity index (χ3n) is 4.66. The van der Waals surface area contributed by atoms with Crippen LogP contribution < -0.4 is 10.6 Å². The highest BCUT2D eigenvalue weighted by molar-refractivity contribution is 8.00. The number of amides is 1. The molecule has 0 spiro atoms. The number of para-hydroxylation sites is 1. The van der Waals surface area contributed by atoms with Crippen LogP contribution in [0.2, 0.25) is 0 Å². The van der Waals surface area contributed by atoms with E-state index in [4.69, 9.17) is 4.42 Å². The van der Waals surface area contributed by atoms with Crippen LogP contribution in [0.1, 0.15) is 27.4 Å². The summed E-state index contributed by atoms with van der Waals surface area (Å²) < 4.78 is 45.9. The normalized spacial score (nSPS) is 11.6. The topological polar surface area (TPSA) is 80.0 Å². The molecule has 1 aromatic carbocycles. The fourth-order valence-electron chi connectivity index (χ4n) is 3.17. The molecule has 0 radical (unpaired) electrons. The first-order chi connectivity index (χ1) is 15.8. The molecule has 33 heavy (non-hydrogen) atoms. The second-order valence-electron chi connectivity index (χ2n) is 7.03. The van der Waals surface area contributed by atoms with E-state index in [9.17, 15) is 18.0 Å². The molecule has 0 bridgehead atoms. The van der Waals surface area contributed by atoms with E-state index in [1.54, 1.807) is 6.07 Å². The predicted molar refractivity (Wildman–Crippen MR) is 123 cm³/mol. The van der Waals surface area contributed by atoms with Crippen LogP contribution in [0.3, 0.4) is 0 Å². The Morgan fingerprint density at radius 2 is 2.00 bits per heavy atom. The molecule has 0 unspecified atom stereocenters. The van der Waals surface area contributed by atoms with Crippen molar-refractivity contribution >= 4 is 45.8 Å². The van der Waals surface area contributed by atoms with Gasteiger partial charge in [0.1, 0.15) is 15.7 Å². The van der Waals surface area contributed by atoms with Crippen molar-refractivity contribution in [1.29, 1.82) is 0 Å². The van der Waals surface area contributed by atoms with Crippen molar-refractivity contribution in [3.63, 3.8) is 0 Å². The van der Waals surface area contributed by atoms with Gasteiger partial charge in [-0.05, 0) is 25.1 Å². The third-order valence-corrected chi connectivity index (χ3v) is 6.82. The maximum atomic E-state index is 13.1. The van der Waals surface area contributed by atoms with E-state index in [2.05, 4.69) is 20.6 Å². The molecule has 1 amide bonds. The summed E-state index contributed by atoms with van der Waals surface area (Å²) in [7, 11) is 0. The van der Waals surface area contributed by atoms with Crippen LogP contribution in [-0.2, 0) is 11.9 Å². The molecule has 172 valence electrons. The average molecular weight is 493 g/mol. The van der Waals surface area contributed by atoms with E-state index < -0.39 is 17.6 Å². The Bertz CT molecular complexity index is 1270. The highest BCUT2D eigenvalue weighted by Crippen LogP contribution is 2.34. The highest BCUT2D eigenvalue weighted by atomic mass is 32.2. The molecule has 6 nitrogen and oxygen atoms in total. The number of aryl methyl sites for hydroxylation is 1. The summed E-state index contributed by atoms with van der Waals surface area (Å²) in [5.74, 6) is -0.0333. The third kappa shape index (κ3) is 5.48. The standard InChI is InChI=1S/C22H19F3N4O2S2/c1-13-11-32-21(29-13)33-12-15-14-5-2-3-7-17(14)31-18(15)20(30)28-10-9-27-19-16(22(23,24)25)6-4-8-26-19/h2-8,11H,9-10,12H2,1H3,(H,26,27)(H,28,30). The highest BCUT2D eigenvalue weighted by Gasteiger charge is 2.34. The van der Waals surface area contributed by atoms with Crippen LogP contribution in [0.25, 0.3) is 11.0 Å². The zero-order valence-electron chi connectivity index (χ0n) is 17.4. The van der Waals surface area contributed by atoms with Gasteiger partial charge < -0.3 is 15.1 Å². The number of aromatic nitrogens is 2. The first kappa shape index (κ1) is 23.1. The molecular formula is C22H19F3N4O2S2. The Hall–Kier alpha value is -3.05. The number of pyridine rings is 1. The summed E-state index contributed by atoms with van der Waals surface area (Å²) in [5.41, 5.74) is 1.42. The molecule has 4 aromatic rings. The fraction of sp³-hybridized carbons (Fsp3) is 0.227. The van der Waals surface area contributed by atoms with Crippen molar-refractivity contribution in [3.05, 3.63) is 70.6 Å². The molecule has 3 aromatic heterocycles. The van der Waals surface area contributed by atoms with E-state index >= 15 is 0 Å². The Kier molecular flexibility index (Phi) is 6.89. The number of hydrogen-bond donors (Lipinski definition) is 2. The molecule has 11 heteroatoms. The number of thioether (sulfide) groups is 1. The minimum absolute atomic E-state index is 0.0640. The maximum absolute atomic E-state index is 13.1. The SMILES string of the molecule is Cc1csc(SCc2c(C(=O)NCCNc3ncccc3C(F)(F)F)oc3ccccc23)n1. The quantitative estimate of drug-likeness (QED) is 0.241. The van der Waals surface area contributed by atoms with Gasteiger partial charge in [-0.25, -0.2) is 9.97 Å². The lowest BCUT2D eigenvalue weighted by Gasteiger charge is -2.13. The fourth-order valence-corrected chi connectivity index (χ4v) is 5.05. The molecule has 0 fully saturated rings. The van der Waals surface area contributed by atoms with Gasteiger partial charge in [-0.15, -0.1) is 11.3 Å². The van der Waals surface area contributed by atoms with Gasteiger partial charge in [0.05, 0.1) is 5.56 Å². The number of benzene rings is 1. The zero-order chi connectivity index (χ0) is 23.4. The molecule has 2 N–H and O–H groups in total. The van der Waals surface area contributed by atoms with Gasteiger partial charge in [0.15, 0.2) is 5.76 Å². The molecule has 3 heterocycles. The number of halogens is 3. The van der Waals surface area contributed by atoms with E-state index in [1.807, 2.05) is 30.5 Å². The van der Waals surface area contributed by atoms with Crippen LogP contribution in [0.5, 0.6) is 0 Å². The van der Waals surface area contributed by atoms with E-state index in [-0.39, 0.29) is 24.7 Å². The largest absolute Gasteiger partial charge is 0.451 e. The van der Waals surface area contributed by atoms with Crippen LogP contribution in [0.4, 0.5) is 19.0 Å². The van der Waals surface area contributed by atoms with Crippen LogP contribution in [-0.4, -0.2) is 29.0 Å². The zero-order valence-corrected chi connectivity index (χ0v) is 19.0. The van der Waals surface area contributed by atoms with Gasteiger partial charge in [0, 0.05) is 47.1 Å². The summed E-state index contributed by atoms with van der Waals surface area (Å²) in [5, 5.41) is 8.13. The van der Waals surface area contributed by atoms with Gasteiger partial charge in [0.25, 0.3) is 5.91 Å². The second kappa shape index (κ2) is 9.84. The van der Waals surface area contributed by atoms with Crippen molar-refractivity contribution in [2.45, 2.75) is 23.2 Å². The number of fused-ring (bicyclic) bond motifs is 1. The number of carbonyl (C=O) groups excluding carboxylic acids is 1. The molecule has 0 aliphatic rings. The van der Waals surface area contributed by atoms with Crippen molar-refractivity contribution in [1.82, 2.24) is 15.3 Å². The predicted octanol–water partition coefficient (Wildman–Crippen LogP) is 5.75. The number of nitrogens with zero attached hydrogens (tertiary/aromatic N) is 2. The first-order valence-electron chi connectivity index (χ1n) is 9.92. The Labute approximate surface area is 195 Å². The number of rotatable bonds is 8. The minimum atomic E-state index is -4.52. The molecule has 0 aliphatic carbocycles. The molecular weight excluding hydrogens is 473 g/mol. The van der Waals surface area contributed by atoms with Gasteiger partial charge in [0.2, 0.25) is 0 Å². The Morgan fingerprint density at radius 3 is 2.76 bits per heavy atom. The van der Waals surface area contributed by atoms with Crippen molar-refractivity contribution < 1.29 is 22.4 Å². The smallest absolute Gasteiger partial charge is 0.419 e. The summed E-state index contributed by atoms with van der Waals surface area (Å²) in [4.78, 5) is 21.0. The number of carbonyl (C=O) groups is 1. The molecule has 0 saturated heterocycles. The van der Waals surface area contributed by atoms with E-state index in [1.165, 1.54) is 35.4 Å². The number of anilines is 1. The lowest BCUT2D eigenvalue weighted by Crippen LogP contribution is -2.29. The van der Waals surface area contributed by atoms with E-state index in [0.29, 0.717) is 11.3 Å². The molecule has 4 rings (SSSR count). The van der Waals surface area contributed by atoms with Crippen LogP contribution in [0.15, 0.2) is 56.7 Å². The number of hydrogen-bond acceptors (Lipinski definition) is 7. The summed E-state index contributed by atoms with van der Waals surface area (Å²) in [6.45, 7) is 2.07. The van der Waals surface area contributed by atoms with Crippen LogP contribution >= 0.6 is 23.1 Å². The van der Waals surface area contributed by atoms with Gasteiger partial charge in [-0.3, -0.25) is 4.79 Å². The van der Waals surface area contributed by atoms with E-state index in [0.717, 1.165) is 27.0 Å². The lowest BCUT2D eigenvalue weighted by molar-refractivity contribution is -0.137. The Balaban J connectivity index is 1.43. The second-order valence-corrected chi connectivity index (χ2v) is 9.11. The minimum Gasteiger partial charge on any atom is -0.451 e. The lowest BCUT2D eigenvalue weighted by atomic mass is 10.1. The number of furan rings is 1. The number of alkyl halides is 3. The average Bonchev–Trinajstić information content (AvgIpc) is 3.38. The number of nitrogens with one attached hydrogen (secondary N) is 2. The van der Waals surface area contributed by atoms with Crippen molar-refractivity contribution in [2.75, 3.05) is 18.4 Å². The summed E-state index contributed by atoms with van der Waals surface area (Å²) in [6, 6.07) is 9.55. The number of thiazole rings is 1. The van der Waals surface area contributed by atoms with Gasteiger partial charge in [-0.1, -0.05) is 30.0 Å². The molecule has 0 atom stereocenters. The summed E-state index contributed by atoms with van der Waals surface area (Å²) >= 11 is 3.05. The Morgan fingerprint density at radius 1 is 1.18 bits per heavy atom. The molecule has 0 aliphatic heterocycles. The van der Waals surface area contributed by atoms with Gasteiger partial charge in [-0.2, -0.15) is 13.2 Å². The maximum Gasteiger partial charge on any atom is 0.419 e. The monoisotopic (exact) mass is 492 g/mol. The van der Waals surface area contributed by atoms with Crippen molar-refractivity contribution in [2.24, 2.45) is 0 Å². The summed E-state index contributed by atoms with van der Waals surface area (Å²) in [6.07, 6.45) is -3.24. The molecule has 0 saturated carbocycles. The van der Waals surface area contributed by atoms with Crippen LogP contribution in [0, 0.1) is 6.92 Å². The first-order valence-corrected chi connectivity index (χ1v) is 11.8. The van der Waals surface area contributed by atoms with Crippen molar-refractivity contribution in [3.8, 4) is 0 Å².